The van der Waals surface area contributed by atoms with E-state index in [1.54, 1.807) is 31.4 Å². The van der Waals surface area contributed by atoms with Crippen LogP contribution in [0.1, 0.15) is 31.7 Å². The van der Waals surface area contributed by atoms with Gasteiger partial charge >= 0.3 is 12.0 Å². The highest BCUT2D eigenvalue weighted by molar-refractivity contribution is 7.18. The minimum Gasteiger partial charge on any atom is -0.481 e. The third-order valence-electron chi connectivity index (χ3n) is 3.47. The minimum atomic E-state index is -0.919. The van der Waals surface area contributed by atoms with Crippen molar-refractivity contribution in [2.24, 2.45) is 5.92 Å². The summed E-state index contributed by atoms with van der Waals surface area (Å²) in [5, 5.41) is 12.8. The van der Waals surface area contributed by atoms with Crippen LogP contribution in [0.4, 0.5) is 10.5 Å². The Labute approximate surface area is 139 Å². The fourth-order valence-corrected chi connectivity index (χ4v) is 3.07. The molecule has 0 aliphatic rings. The Kier molecular flexibility index (Phi) is 5.20. The number of hydrogen-bond donors (Lipinski definition) is 2. The van der Waals surface area contributed by atoms with E-state index in [-0.39, 0.29) is 12.6 Å². The number of amides is 2. The van der Waals surface area contributed by atoms with Crippen LogP contribution in [-0.2, 0) is 4.79 Å². The fraction of sp³-hybridized carbons (Fsp3) is 0.438. The Bertz CT molecular complexity index is 726. The number of urea groups is 1. The number of benzene rings is 1. The zero-order valence-corrected chi connectivity index (χ0v) is 14.5. The Morgan fingerprint density at radius 1 is 1.35 bits per heavy atom. The number of rotatable bonds is 5. The van der Waals surface area contributed by atoms with E-state index in [1.807, 2.05) is 12.1 Å². The van der Waals surface area contributed by atoms with E-state index in [9.17, 15) is 9.59 Å². The fourth-order valence-electron chi connectivity index (χ4n) is 2.06. The predicted octanol–water partition coefficient (Wildman–Crippen LogP) is 3.60. The maximum atomic E-state index is 12.1. The Hall–Kier alpha value is -2.15. The molecule has 23 heavy (non-hydrogen) atoms. The first-order valence-corrected chi connectivity index (χ1v) is 8.25. The van der Waals surface area contributed by atoms with Crippen molar-refractivity contribution in [3.63, 3.8) is 0 Å². The Balaban J connectivity index is 2.08. The molecule has 1 aromatic carbocycles. The summed E-state index contributed by atoms with van der Waals surface area (Å²) < 4.78 is 1.02. The molecule has 0 aliphatic carbocycles. The topological polar surface area (TPSA) is 82.5 Å². The normalized spacial score (nSPS) is 12.4. The van der Waals surface area contributed by atoms with Crippen molar-refractivity contribution in [2.75, 3.05) is 18.9 Å². The molecule has 0 radical (unpaired) electrons. The van der Waals surface area contributed by atoms with Gasteiger partial charge in [0.1, 0.15) is 0 Å². The number of nitrogens with one attached hydrogen (secondary N) is 1. The van der Waals surface area contributed by atoms with E-state index < -0.39 is 11.9 Å². The highest BCUT2D eigenvalue weighted by Gasteiger charge is 2.17. The molecule has 0 fully saturated rings. The van der Waals surface area contributed by atoms with Crippen LogP contribution in [0.5, 0.6) is 0 Å². The first-order chi connectivity index (χ1) is 10.8. The molecule has 1 aromatic heterocycles. The molecule has 0 spiro atoms. The SMILES string of the molecule is CC(CN(C)C(=O)Nc1ccc2nc(C(C)C)sc2c1)C(=O)O. The summed E-state index contributed by atoms with van der Waals surface area (Å²) in [5.41, 5.74) is 1.60. The Morgan fingerprint density at radius 3 is 2.65 bits per heavy atom. The molecule has 0 bridgehead atoms. The minimum absolute atomic E-state index is 0.154. The molecule has 7 heteroatoms. The molecular weight excluding hydrogens is 314 g/mol. The molecule has 1 atom stereocenters. The number of carboxylic acid groups (broad SMARTS) is 1. The molecule has 2 aromatic rings. The second kappa shape index (κ2) is 6.95. The van der Waals surface area contributed by atoms with Gasteiger partial charge in [0, 0.05) is 25.2 Å². The summed E-state index contributed by atoms with van der Waals surface area (Å²) in [6.07, 6.45) is 0. The van der Waals surface area contributed by atoms with Gasteiger partial charge in [-0.15, -0.1) is 11.3 Å². The van der Waals surface area contributed by atoms with Crippen molar-refractivity contribution in [2.45, 2.75) is 26.7 Å². The third-order valence-corrected chi connectivity index (χ3v) is 4.78. The third kappa shape index (κ3) is 4.19. The van der Waals surface area contributed by atoms with Crippen molar-refractivity contribution in [3.8, 4) is 0 Å². The van der Waals surface area contributed by atoms with Gasteiger partial charge in [-0.2, -0.15) is 0 Å². The molecule has 124 valence electrons. The zero-order valence-electron chi connectivity index (χ0n) is 13.7. The van der Waals surface area contributed by atoms with Crippen LogP contribution >= 0.6 is 11.3 Å². The van der Waals surface area contributed by atoms with Crippen molar-refractivity contribution >= 4 is 39.2 Å². The van der Waals surface area contributed by atoms with Gasteiger partial charge < -0.3 is 15.3 Å². The summed E-state index contributed by atoms with van der Waals surface area (Å²) >= 11 is 1.62. The number of fused-ring (bicyclic) bond motifs is 1. The van der Waals surface area contributed by atoms with Crippen LogP contribution in [0.3, 0.4) is 0 Å². The lowest BCUT2D eigenvalue weighted by Gasteiger charge is -2.20. The number of anilines is 1. The average Bonchev–Trinajstić information content (AvgIpc) is 2.90. The van der Waals surface area contributed by atoms with Gasteiger partial charge in [0.05, 0.1) is 21.1 Å². The van der Waals surface area contributed by atoms with E-state index >= 15 is 0 Å². The van der Waals surface area contributed by atoms with E-state index in [4.69, 9.17) is 5.11 Å². The highest BCUT2D eigenvalue weighted by atomic mass is 32.1. The first kappa shape index (κ1) is 17.2. The van der Waals surface area contributed by atoms with Gasteiger partial charge in [-0.05, 0) is 18.2 Å². The molecule has 2 rings (SSSR count). The summed E-state index contributed by atoms with van der Waals surface area (Å²) in [7, 11) is 1.58. The maximum Gasteiger partial charge on any atom is 0.321 e. The largest absolute Gasteiger partial charge is 0.481 e. The molecule has 1 unspecified atom stereocenters. The van der Waals surface area contributed by atoms with Crippen molar-refractivity contribution in [1.29, 1.82) is 0 Å². The lowest BCUT2D eigenvalue weighted by atomic mass is 10.2. The van der Waals surface area contributed by atoms with Crippen molar-refractivity contribution in [3.05, 3.63) is 23.2 Å². The quantitative estimate of drug-likeness (QED) is 0.874. The van der Waals surface area contributed by atoms with Crippen LogP contribution in [0.2, 0.25) is 0 Å². The molecule has 1 heterocycles. The highest BCUT2D eigenvalue weighted by Crippen LogP contribution is 2.29. The molecule has 0 saturated carbocycles. The van der Waals surface area contributed by atoms with Gasteiger partial charge in [0.2, 0.25) is 0 Å². The van der Waals surface area contributed by atoms with Gasteiger partial charge in [0.15, 0.2) is 0 Å². The number of aliphatic carboxylic acids is 1. The number of aromatic nitrogens is 1. The number of carbonyl (C=O) groups excluding carboxylic acids is 1. The number of hydrogen-bond acceptors (Lipinski definition) is 4. The van der Waals surface area contributed by atoms with Crippen LogP contribution in [0.15, 0.2) is 18.2 Å². The summed E-state index contributed by atoms with van der Waals surface area (Å²) in [6, 6.07) is 5.25. The average molecular weight is 335 g/mol. The van der Waals surface area contributed by atoms with E-state index in [0.29, 0.717) is 11.6 Å². The molecule has 2 N–H and O–H groups in total. The van der Waals surface area contributed by atoms with Crippen molar-refractivity contribution in [1.82, 2.24) is 9.88 Å². The number of carbonyl (C=O) groups is 2. The van der Waals surface area contributed by atoms with Crippen LogP contribution in [-0.4, -0.2) is 40.6 Å². The lowest BCUT2D eigenvalue weighted by molar-refractivity contribution is -0.141. The lowest BCUT2D eigenvalue weighted by Crippen LogP contribution is -2.36. The Morgan fingerprint density at radius 2 is 2.04 bits per heavy atom. The molecule has 2 amide bonds. The second-order valence-corrected chi connectivity index (χ2v) is 7.00. The van der Waals surface area contributed by atoms with Gasteiger partial charge in [0.25, 0.3) is 0 Å². The van der Waals surface area contributed by atoms with Crippen molar-refractivity contribution < 1.29 is 14.7 Å². The molecule has 0 saturated heterocycles. The maximum absolute atomic E-state index is 12.1. The van der Waals surface area contributed by atoms with Crippen LogP contribution in [0, 0.1) is 5.92 Å². The first-order valence-electron chi connectivity index (χ1n) is 7.43. The predicted molar refractivity (Wildman–Crippen MR) is 92.2 cm³/mol. The summed E-state index contributed by atoms with van der Waals surface area (Å²) in [5.74, 6) is -1.16. The molecular formula is C16H21N3O3S. The second-order valence-electron chi connectivity index (χ2n) is 5.94. The molecule has 0 aliphatic heterocycles. The van der Waals surface area contributed by atoms with Crippen LogP contribution < -0.4 is 5.32 Å². The van der Waals surface area contributed by atoms with E-state index in [2.05, 4.69) is 24.1 Å². The van der Waals surface area contributed by atoms with Crippen LogP contribution in [0.25, 0.3) is 10.2 Å². The van der Waals surface area contributed by atoms with Gasteiger partial charge in [-0.1, -0.05) is 20.8 Å². The van der Waals surface area contributed by atoms with Gasteiger partial charge in [-0.3, -0.25) is 4.79 Å². The number of carboxylic acids is 1. The summed E-state index contributed by atoms with van der Waals surface area (Å²) in [6.45, 7) is 5.92. The van der Waals surface area contributed by atoms with Gasteiger partial charge in [-0.25, -0.2) is 9.78 Å². The number of nitrogens with zero attached hydrogens (tertiary/aromatic N) is 2. The standard InChI is InChI=1S/C16H21N3O3S/c1-9(2)14-18-12-6-5-11(7-13(12)23-14)17-16(22)19(4)8-10(3)15(20)21/h5-7,9-10H,8H2,1-4H3,(H,17,22)(H,20,21). The zero-order chi connectivity index (χ0) is 17.1. The summed E-state index contributed by atoms with van der Waals surface area (Å²) in [4.78, 5) is 28.9. The molecule has 6 nitrogen and oxygen atoms in total. The van der Waals surface area contributed by atoms with E-state index in [0.717, 1.165) is 15.2 Å². The van der Waals surface area contributed by atoms with E-state index in [1.165, 1.54) is 4.90 Å². The monoisotopic (exact) mass is 335 g/mol. The smallest absolute Gasteiger partial charge is 0.321 e. The number of thiazole rings is 1.